The molecule has 6 N–H and O–H groups in total. The van der Waals surface area contributed by atoms with Crippen LogP contribution in [-0.4, -0.2) is 68.4 Å². The number of nitrogens with two attached hydrogens (primary N) is 2. The highest BCUT2D eigenvalue weighted by atomic mass is 32.2. The first-order chi connectivity index (χ1) is 26.6. The first-order valence-corrected chi connectivity index (χ1v) is 21.4. The summed E-state index contributed by atoms with van der Waals surface area (Å²) in [7, 11) is -6.81. The van der Waals surface area contributed by atoms with E-state index in [-0.39, 0.29) is 56.7 Å². The van der Waals surface area contributed by atoms with Gasteiger partial charge in [-0.15, -0.1) is 0 Å². The fraction of sp³-hybridized carbons (Fsp3) is 0.333. The van der Waals surface area contributed by atoms with Crippen LogP contribution in [-0.2, 0) is 19.7 Å². The van der Waals surface area contributed by atoms with E-state index in [4.69, 9.17) is 21.4 Å². The van der Waals surface area contributed by atoms with E-state index >= 15 is 0 Å². The number of rotatable bonds is 10. The number of nitrogen functional groups attached to an aromatic ring is 2. The molecule has 56 heavy (non-hydrogen) atoms. The van der Waals surface area contributed by atoms with Gasteiger partial charge < -0.3 is 31.2 Å². The molecule has 18 nitrogen and oxygen atoms in total. The Hall–Kier alpha value is -6.38. The summed E-state index contributed by atoms with van der Waals surface area (Å²) < 4.78 is 53.2. The average molecular weight is 795 g/mol. The number of para-hydroxylation sites is 2. The minimum absolute atomic E-state index is 0.0993. The molecule has 2 aliphatic rings. The number of imidazole rings is 2. The van der Waals surface area contributed by atoms with Gasteiger partial charge in [0.05, 0.1) is 43.9 Å². The van der Waals surface area contributed by atoms with Gasteiger partial charge in [0.25, 0.3) is 0 Å². The number of nitrogens with one attached hydrogen (secondary N) is 2. The highest BCUT2D eigenvalue weighted by Crippen LogP contribution is 2.43. The molecule has 4 aromatic heterocycles. The summed E-state index contributed by atoms with van der Waals surface area (Å²) >= 11 is 0. The maximum absolute atomic E-state index is 12.3. The Morgan fingerprint density at radius 1 is 0.679 bits per heavy atom. The number of aromatic nitrogens is 8. The Morgan fingerprint density at radius 2 is 1.05 bits per heavy atom. The SMILES string of the molecule is C[C@@H](Nc1ncnc(N)c1C#N)c1nc2cccc(S(C)(=O)=O)c2n1C1CC1.C[C@H](Nc1ncnc(N)c1C#N)c1nc2cccc(S(C)(=O)=O)c2n1C1CC1. The van der Waals surface area contributed by atoms with E-state index in [0.717, 1.165) is 25.7 Å². The van der Waals surface area contributed by atoms with Crippen molar-refractivity contribution in [3.63, 3.8) is 0 Å². The van der Waals surface area contributed by atoms with Crippen LogP contribution in [0.5, 0.6) is 0 Å². The second-order valence-corrected chi connectivity index (χ2v) is 17.8. The van der Waals surface area contributed by atoms with Crippen molar-refractivity contribution in [3.05, 3.63) is 71.8 Å². The zero-order chi connectivity index (χ0) is 40.1. The lowest BCUT2D eigenvalue weighted by Crippen LogP contribution is -2.16. The highest BCUT2D eigenvalue weighted by Gasteiger charge is 2.34. The summed E-state index contributed by atoms with van der Waals surface area (Å²) in [5, 5.41) is 25.0. The zero-order valence-electron chi connectivity index (χ0n) is 30.8. The van der Waals surface area contributed by atoms with Crippen LogP contribution in [0.3, 0.4) is 0 Å². The van der Waals surface area contributed by atoms with Crippen molar-refractivity contribution in [2.75, 3.05) is 34.6 Å². The number of nitrogens with zero attached hydrogens (tertiary/aromatic N) is 10. The number of anilines is 4. The predicted octanol–water partition coefficient (Wildman–Crippen LogP) is 4.38. The molecule has 2 fully saturated rings. The van der Waals surface area contributed by atoms with Crippen molar-refractivity contribution in [1.82, 2.24) is 39.0 Å². The minimum Gasteiger partial charge on any atom is -0.382 e. The summed E-state index contributed by atoms with van der Waals surface area (Å²) in [4.78, 5) is 25.9. The van der Waals surface area contributed by atoms with Crippen LogP contribution in [0.2, 0.25) is 0 Å². The lowest BCUT2D eigenvalue weighted by atomic mass is 10.2. The largest absolute Gasteiger partial charge is 0.382 e. The number of benzene rings is 2. The van der Waals surface area contributed by atoms with Gasteiger partial charge in [-0.05, 0) is 63.8 Å². The van der Waals surface area contributed by atoms with E-state index in [0.29, 0.717) is 45.4 Å². The monoisotopic (exact) mass is 794 g/mol. The molecule has 2 aromatic carbocycles. The molecule has 8 rings (SSSR count). The van der Waals surface area contributed by atoms with Gasteiger partial charge in [-0.2, -0.15) is 10.5 Å². The second kappa shape index (κ2) is 14.4. The van der Waals surface area contributed by atoms with Crippen molar-refractivity contribution in [2.45, 2.75) is 73.5 Å². The quantitative estimate of drug-likeness (QED) is 0.150. The molecule has 2 saturated carbocycles. The van der Waals surface area contributed by atoms with Crippen molar-refractivity contribution in [3.8, 4) is 12.1 Å². The van der Waals surface area contributed by atoms with Crippen LogP contribution >= 0.6 is 0 Å². The van der Waals surface area contributed by atoms with E-state index in [1.54, 1.807) is 24.3 Å². The van der Waals surface area contributed by atoms with Gasteiger partial charge in [0.15, 0.2) is 19.7 Å². The third kappa shape index (κ3) is 7.23. The van der Waals surface area contributed by atoms with Crippen molar-refractivity contribution in [1.29, 1.82) is 10.5 Å². The summed E-state index contributed by atoms with van der Waals surface area (Å²) in [5.74, 6) is 2.22. The molecule has 2 aliphatic carbocycles. The van der Waals surface area contributed by atoms with E-state index in [2.05, 4.69) is 30.6 Å². The smallest absolute Gasteiger partial charge is 0.177 e. The molecule has 20 heteroatoms. The predicted molar refractivity (Wildman–Crippen MR) is 209 cm³/mol. The molecule has 288 valence electrons. The third-order valence-corrected chi connectivity index (χ3v) is 11.7. The summed E-state index contributed by atoms with van der Waals surface area (Å²) in [6, 6.07) is 14.0. The van der Waals surface area contributed by atoms with E-state index < -0.39 is 19.7 Å². The van der Waals surface area contributed by atoms with Gasteiger partial charge in [0.2, 0.25) is 0 Å². The fourth-order valence-electron chi connectivity index (χ4n) is 6.66. The molecule has 0 saturated heterocycles. The van der Waals surface area contributed by atoms with Gasteiger partial charge in [0.1, 0.15) is 70.8 Å². The summed E-state index contributed by atoms with van der Waals surface area (Å²) in [5.41, 5.74) is 14.4. The number of nitriles is 2. The van der Waals surface area contributed by atoms with Gasteiger partial charge in [-0.25, -0.2) is 46.7 Å². The average Bonchev–Trinajstić information content (AvgIpc) is 4.09. The molecule has 4 heterocycles. The Kier molecular flexibility index (Phi) is 9.72. The summed E-state index contributed by atoms with van der Waals surface area (Å²) in [6.07, 6.45) is 8.85. The van der Waals surface area contributed by atoms with Crippen LogP contribution in [0.4, 0.5) is 23.3 Å². The number of fused-ring (bicyclic) bond motifs is 2. The molecule has 0 aliphatic heterocycles. The molecule has 0 amide bonds. The standard InChI is InChI=1S/2C18H19N7O2S/c2*1-10(23-17-12(8-19)16(20)21-9-22-17)18-24-13-4-3-5-14(28(2,26)27)15(13)25(18)11-6-7-11/h2*3-5,9-11H,6-7H2,1-2H3,(H3,20,21,22,23)/t2*10-/m10/s1. The van der Waals surface area contributed by atoms with Crippen LogP contribution in [0.25, 0.3) is 22.1 Å². The lowest BCUT2D eigenvalue weighted by Gasteiger charge is -2.17. The van der Waals surface area contributed by atoms with Gasteiger partial charge >= 0.3 is 0 Å². The van der Waals surface area contributed by atoms with Gasteiger partial charge in [-0.1, -0.05) is 12.1 Å². The summed E-state index contributed by atoms with van der Waals surface area (Å²) in [6.45, 7) is 3.78. The van der Waals surface area contributed by atoms with E-state index in [9.17, 15) is 27.4 Å². The molecular formula is C36H38N14O4S2. The molecular weight excluding hydrogens is 757 g/mol. The second-order valence-electron chi connectivity index (χ2n) is 13.9. The first-order valence-electron chi connectivity index (χ1n) is 17.6. The molecule has 0 spiro atoms. The number of hydrogen-bond acceptors (Lipinski definition) is 16. The minimum atomic E-state index is -3.41. The number of hydrogen-bond donors (Lipinski definition) is 4. The maximum Gasteiger partial charge on any atom is 0.177 e. The van der Waals surface area contributed by atoms with Crippen molar-refractivity contribution < 1.29 is 16.8 Å². The zero-order valence-corrected chi connectivity index (χ0v) is 32.5. The number of sulfone groups is 2. The van der Waals surface area contributed by atoms with Crippen molar-refractivity contribution in [2.24, 2.45) is 0 Å². The normalized spacial score (nSPS) is 15.3. The van der Waals surface area contributed by atoms with Gasteiger partial charge in [0, 0.05) is 24.6 Å². The fourth-order valence-corrected chi connectivity index (χ4v) is 8.42. The Morgan fingerprint density at radius 3 is 1.38 bits per heavy atom. The Bertz CT molecular complexity index is 2640. The van der Waals surface area contributed by atoms with E-state index in [1.807, 2.05) is 47.3 Å². The van der Waals surface area contributed by atoms with Crippen molar-refractivity contribution >= 4 is 65.0 Å². The molecule has 0 radical (unpaired) electrons. The molecule has 6 aromatic rings. The van der Waals surface area contributed by atoms with Crippen LogP contribution in [0, 0.1) is 22.7 Å². The van der Waals surface area contributed by atoms with Crippen LogP contribution < -0.4 is 22.1 Å². The van der Waals surface area contributed by atoms with Crippen LogP contribution in [0.15, 0.2) is 58.8 Å². The first kappa shape index (κ1) is 37.9. The Balaban J connectivity index is 0.000000172. The molecule has 2 atom stereocenters. The van der Waals surface area contributed by atoms with Gasteiger partial charge in [-0.3, -0.25) is 0 Å². The van der Waals surface area contributed by atoms with Crippen LogP contribution in [0.1, 0.15) is 86.5 Å². The Labute approximate surface area is 322 Å². The maximum atomic E-state index is 12.3. The molecule has 0 bridgehead atoms. The highest BCUT2D eigenvalue weighted by molar-refractivity contribution is 7.91. The van der Waals surface area contributed by atoms with E-state index in [1.165, 1.54) is 25.2 Å². The lowest BCUT2D eigenvalue weighted by molar-refractivity contribution is 0.599. The topological polar surface area (TPSA) is 279 Å². The third-order valence-electron chi connectivity index (χ3n) is 9.48. The molecule has 0 unspecified atom stereocenters.